The number of carbonyl (C=O) groups is 2. The molecule has 2 amide bonds. The number of amides is 2. The summed E-state index contributed by atoms with van der Waals surface area (Å²) in [5.41, 5.74) is 0.313. The first-order chi connectivity index (χ1) is 11.2. The molecule has 1 aliphatic rings. The molecule has 1 N–H and O–H groups in total. The first kappa shape index (κ1) is 18.4. The Bertz CT molecular complexity index is 611. The Morgan fingerprint density at radius 1 is 1.38 bits per heavy atom. The maximum atomic E-state index is 12.0. The van der Waals surface area contributed by atoms with E-state index in [2.05, 4.69) is 10.3 Å². The Morgan fingerprint density at radius 2 is 2.04 bits per heavy atom. The molecular formula is C17H25N3O3S. The van der Waals surface area contributed by atoms with E-state index in [-0.39, 0.29) is 18.0 Å². The largest absolute Gasteiger partial charge is 0.444 e. The summed E-state index contributed by atoms with van der Waals surface area (Å²) < 4.78 is 5.37. The number of hydrogen-bond acceptors (Lipinski definition) is 5. The highest BCUT2D eigenvalue weighted by atomic mass is 32.1. The molecular weight excluding hydrogens is 326 g/mol. The summed E-state index contributed by atoms with van der Waals surface area (Å²) in [5.74, 6) is -0.128. The zero-order valence-electron chi connectivity index (χ0n) is 14.7. The van der Waals surface area contributed by atoms with E-state index in [9.17, 15) is 9.59 Å². The quantitative estimate of drug-likeness (QED) is 0.850. The molecule has 132 valence electrons. The summed E-state index contributed by atoms with van der Waals surface area (Å²) in [6, 6.07) is 0.0815. The van der Waals surface area contributed by atoms with Crippen molar-refractivity contribution in [1.82, 2.24) is 15.2 Å². The third-order valence-electron chi connectivity index (χ3n) is 3.54. The van der Waals surface area contributed by atoms with E-state index in [1.165, 1.54) is 6.08 Å². The fourth-order valence-corrected chi connectivity index (χ4v) is 2.98. The van der Waals surface area contributed by atoms with Gasteiger partial charge in [-0.1, -0.05) is 0 Å². The van der Waals surface area contributed by atoms with Gasteiger partial charge < -0.3 is 15.0 Å². The first-order valence-electron chi connectivity index (χ1n) is 8.11. The molecule has 0 atom stereocenters. The molecule has 1 aliphatic heterocycles. The molecule has 0 aliphatic carbocycles. The third kappa shape index (κ3) is 5.96. The van der Waals surface area contributed by atoms with Crippen LogP contribution in [0.1, 0.15) is 44.3 Å². The lowest BCUT2D eigenvalue weighted by Gasteiger charge is -2.33. The normalized spacial score (nSPS) is 16.4. The molecule has 0 aromatic carbocycles. The van der Waals surface area contributed by atoms with Gasteiger partial charge in [0.05, 0.1) is 10.7 Å². The van der Waals surface area contributed by atoms with Crippen molar-refractivity contribution in [3.05, 3.63) is 22.2 Å². The number of nitrogens with zero attached hydrogens (tertiary/aromatic N) is 2. The molecule has 6 nitrogen and oxygen atoms in total. The Balaban J connectivity index is 1.75. The van der Waals surface area contributed by atoms with E-state index in [0.717, 1.165) is 23.5 Å². The minimum Gasteiger partial charge on any atom is -0.444 e. The fourth-order valence-electron chi connectivity index (χ4n) is 2.40. The van der Waals surface area contributed by atoms with Crippen molar-refractivity contribution in [3.8, 4) is 0 Å². The number of likely N-dealkylation sites (tertiary alicyclic amines) is 1. The summed E-state index contributed by atoms with van der Waals surface area (Å²) in [7, 11) is 0. The van der Waals surface area contributed by atoms with Gasteiger partial charge >= 0.3 is 6.09 Å². The van der Waals surface area contributed by atoms with Crippen LogP contribution in [0.25, 0.3) is 6.08 Å². The van der Waals surface area contributed by atoms with Crippen LogP contribution in [0.15, 0.2) is 11.5 Å². The van der Waals surface area contributed by atoms with Crippen molar-refractivity contribution in [2.75, 3.05) is 13.1 Å². The smallest absolute Gasteiger partial charge is 0.410 e. The number of aryl methyl sites for hydroxylation is 1. The summed E-state index contributed by atoms with van der Waals surface area (Å²) in [4.78, 5) is 29.9. The van der Waals surface area contributed by atoms with Gasteiger partial charge in [-0.05, 0) is 46.6 Å². The highest BCUT2D eigenvalue weighted by Gasteiger charge is 2.27. The maximum Gasteiger partial charge on any atom is 0.410 e. The van der Waals surface area contributed by atoms with Crippen LogP contribution in [-0.2, 0) is 9.53 Å². The van der Waals surface area contributed by atoms with Crippen LogP contribution in [0, 0.1) is 6.92 Å². The number of rotatable bonds is 3. The van der Waals surface area contributed by atoms with Crippen LogP contribution < -0.4 is 5.32 Å². The van der Waals surface area contributed by atoms with E-state index < -0.39 is 5.60 Å². The number of aromatic nitrogens is 1. The van der Waals surface area contributed by atoms with Gasteiger partial charge in [0.25, 0.3) is 0 Å². The van der Waals surface area contributed by atoms with Crippen LogP contribution in [0.3, 0.4) is 0 Å². The number of carbonyl (C=O) groups excluding carboxylic acids is 2. The first-order valence-corrected chi connectivity index (χ1v) is 8.99. The lowest BCUT2D eigenvalue weighted by atomic mass is 10.1. The van der Waals surface area contributed by atoms with Crippen LogP contribution >= 0.6 is 11.3 Å². The van der Waals surface area contributed by atoms with E-state index in [1.54, 1.807) is 22.3 Å². The highest BCUT2D eigenvalue weighted by molar-refractivity contribution is 7.09. The van der Waals surface area contributed by atoms with Crippen LogP contribution in [0.5, 0.6) is 0 Å². The van der Waals surface area contributed by atoms with Gasteiger partial charge in [0.2, 0.25) is 5.91 Å². The second kappa shape index (κ2) is 7.79. The number of piperidine rings is 1. The summed E-state index contributed by atoms with van der Waals surface area (Å²) in [5, 5.41) is 5.87. The summed E-state index contributed by atoms with van der Waals surface area (Å²) in [6.07, 6.45) is 4.40. The van der Waals surface area contributed by atoms with Gasteiger partial charge in [0, 0.05) is 30.6 Å². The van der Waals surface area contributed by atoms with Gasteiger partial charge in [-0.3, -0.25) is 4.79 Å². The molecule has 0 radical (unpaired) electrons. The standard InChI is InChI=1S/C17H25N3O3S/c1-12-18-14(11-24-12)5-6-15(21)19-13-7-9-20(10-8-13)16(22)23-17(2,3)4/h5-6,11,13H,7-10H2,1-4H3,(H,19,21)/b6-5+. The molecule has 7 heteroatoms. The topological polar surface area (TPSA) is 71.5 Å². The molecule has 0 bridgehead atoms. The molecule has 0 unspecified atom stereocenters. The monoisotopic (exact) mass is 351 g/mol. The molecule has 0 saturated carbocycles. The van der Waals surface area contributed by atoms with E-state index in [1.807, 2.05) is 33.1 Å². The van der Waals surface area contributed by atoms with E-state index >= 15 is 0 Å². The number of ether oxygens (including phenoxy) is 1. The molecule has 1 aromatic rings. The van der Waals surface area contributed by atoms with Crippen LogP contribution in [0.4, 0.5) is 4.79 Å². The fraction of sp³-hybridized carbons (Fsp3) is 0.588. The van der Waals surface area contributed by atoms with Gasteiger partial charge in [0.15, 0.2) is 0 Å². The third-order valence-corrected chi connectivity index (χ3v) is 4.33. The summed E-state index contributed by atoms with van der Waals surface area (Å²) in [6.45, 7) is 8.68. The van der Waals surface area contributed by atoms with Gasteiger partial charge in [-0.2, -0.15) is 0 Å². The average Bonchev–Trinajstić information content (AvgIpc) is 2.90. The van der Waals surface area contributed by atoms with Crippen molar-refractivity contribution in [3.63, 3.8) is 0 Å². The molecule has 2 heterocycles. The minimum atomic E-state index is -0.485. The molecule has 0 spiro atoms. The summed E-state index contributed by atoms with van der Waals surface area (Å²) >= 11 is 1.56. The van der Waals surface area contributed by atoms with E-state index in [4.69, 9.17) is 4.74 Å². The van der Waals surface area contributed by atoms with Gasteiger partial charge in [-0.25, -0.2) is 9.78 Å². The molecule has 2 rings (SSSR count). The van der Waals surface area contributed by atoms with Crippen LogP contribution in [-0.4, -0.2) is 46.6 Å². The second-order valence-electron chi connectivity index (χ2n) is 6.87. The van der Waals surface area contributed by atoms with Crippen molar-refractivity contribution in [2.24, 2.45) is 0 Å². The van der Waals surface area contributed by atoms with E-state index in [0.29, 0.717) is 13.1 Å². The minimum absolute atomic E-state index is 0.0815. The maximum absolute atomic E-state index is 12.0. The molecule has 1 saturated heterocycles. The number of hydrogen-bond donors (Lipinski definition) is 1. The molecule has 24 heavy (non-hydrogen) atoms. The van der Waals surface area contributed by atoms with Crippen molar-refractivity contribution < 1.29 is 14.3 Å². The van der Waals surface area contributed by atoms with Crippen molar-refractivity contribution >= 4 is 29.4 Å². The van der Waals surface area contributed by atoms with Gasteiger partial charge in [0.1, 0.15) is 5.60 Å². The lowest BCUT2D eigenvalue weighted by Crippen LogP contribution is -2.47. The predicted octanol–water partition coefficient (Wildman–Crippen LogP) is 2.98. The van der Waals surface area contributed by atoms with Crippen LogP contribution in [0.2, 0.25) is 0 Å². The Morgan fingerprint density at radius 3 is 2.58 bits per heavy atom. The van der Waals surface area contributed by atoms with Crippen molar-refractivity contribution in [1.29, 1.82) is 0 Å². The highest BCUT2D eigenvalue weighted by Crippen LogP contribution is 2.15. The zero-order valence-corrected chi connectivity index (χ0v) is 15.5. The second-order valence-corrected chi connectivity index (χ2v) is 7.94. The number of thiazole rings is 1. The number of nitrogens with one attached hydrogen (secondary N) is 1. The van der Waals surface area contributed by atoms with Gasteiger partial charge in [-0.15, -0.1) is 11.3 Å². The lowest BCUT2D eigenvalue weighted by molar-refractivity contribution is -0.117. The Hall–Kier alpha value is -1.89. The van der Waals surface area contributed by atoms with Crippen molar-refractivity contribution in [2.45, 2.75) is 52.2 Å². The Kier molecular flexibility index (Phi) is 5.99. The predicted molar refractivity (Wildman–Crippen MR) is 94.9 cm³/mol. The zero-order chi connectivity index (χ0) is 17.7. The molecule has 1 aromatic heterocycles. The molecule has 1 fully saturated rings. The SMILES string of the molecule is Cc1nc(/C=C/C(=O)NC2CCN(C(=O)OC(C)(C)C)CC2)cs1. The average molecular weight is 351 g/mol. The Labute approximate surface area is 146 Å².